The standard InChI is InChI=1S/C20H25N5O2/c1-15(26)24-10-12-25(13-11-24)20(27)19-14-17(8-9-21-19)22-16-4-6-18(7-5-16)23(2)3/h4-9,14H,10-13H2,1-3H3,(H,21,22). The molecule has 0 bridgehead atoms. The van der Waals surface area contributed by atoms with E-state index in [2.05, 4.69) is 10.3 Å². The van der Waals surface area contributed by atoms with Crippen LogP contribution in [0.25, 0.3) is 0 Å². The quantitative estimate of drug-likeness (QED) is 0.897. The number of carbonyl (C=O) groups excluding carboxylic acids is 2. The molecule has 0 aliphatic carbocycles. The lowest BCUT2D eigenvalue weighted by Crippen LogP contribution is -2.50. The van der Waals surface area contributed by atoms with Crippen LogP contribution in [0.1, 0.15) is 17.4 Å². The van der Waals surface area contributed by atoms with E-state index in [4.69, 9.17) is 0 Å². The lowest BCUT2D eigenvalue weighted by atomic mass is 10.2. The number of nitrogens with zero attached hydrogens (tertiary/aromatic N) is 4. The van der Waals surface area contributed by atoms with Crippen molar-refractivity contribution in [2.75, 3.05) is 50.5 Å². The van der Waals surface area contributed by atoms with E-state index in [0.29, 0.717) is 31.9 Å². The topological polar surface area (TPSA) is 68.8 Å². The van der Waals surface area contributed by atoms with E-state index in [-0.39, 0.29) is 11.8 Å². The van der Waals surface area contributed by atoms with Crippen molar-refractivity contribution in [3.05, 3.63) is 48.3 Å². The molecule has 1 N–H and O–H groups in total. The Bertz CT molecular complexity index is 811. The molecule has 1 fully saturated rings. The van der Waals surface area contributed by atoms with Gasteiger partial charge >= 0.3 is 0 Å². The average Bonchev–Trinajstić information content (AvgIpc) is 2.68. The normalized spacial score (nSPS) is 14.0. The van der Waals surface area contributed by atoms with Gasteiger partial charge in [0.2, 0.25) is 5.91 Å². The summed E-state index contributed by atoms with van der Waals surface area (Å²) in [6.07, 6.45) is 1.63. The first-order valence-corrected chi connectivity index (χ1v) is 8.99. The molecule has 1 aliphatic rings. The van der Waals surface area contributed by atoms with E-state index < -0.39 is 0 Å². The van der Waals surface area contributed by atoms with Crippen LogP contribution in [-0.2, 0) is 4.79 Å². The van der Waals surface area contributed by atoms with Crippen molar-refractivity contribution in [2.45, 2.75) is 6.92 Å². The number of benzene rings is 1. The molecule has 0 unspecified atom stereocenters. The van der Waals surface area contributed by atoms with Crippen LogP contribution in [0.5, 0.6) is 0 Å². The van der Waals surface area contributed by atoms with Crippen LogP contribution < -0.4 is 10.2 Å². The summed E-state index contributed by atoms with van der Waals surface area (Å²) in [4.78, 5) is 33.9. The van der Waals surface area contributed by atoms with E-state index >= 15 is 0 Å². The van der Waals surface area contributed by atoms with Crippen molar-refractivity contribution in [3.63, 3.8) is 0 Å². The van der Waals surface area contributed by atoms with Crippen LogP contribution in [0.3, 0.4) is 0 Å². The molecule has 1 saturated heterocycles. The Morgan fingerprint density at radius 3 is 2.19 bits per heavy atom. The second kappa shape index (κ2) is 8.07. The molecule has 27 heavy (non-hydrogen) atoms. The highest BCUT2D eigenvalue weighted by molar-refractivity contribution is 5.93. The Hall–Kier alpha value is -3.09. The van der Waals surface area contributed by atoms with Gasteiger partial charge in [0, 0.05) is 70.5 Å². The fraction of sp³-hybridized carbons (Fsp3) is 0.350. The first-order chi connectivity index (χ1) is 12.9. The molecule has 0 atom stereocenters. The third kappa shape index (κ3) is 4.55. The highest BCUT2D eigenvalue weighted by Crippen LogP contribution is 2.21. The summed E-state index contributed by atoms with van der Waals surface area (Å²) in [6.45, 7) is 3.75. The number of amides is 2. The zero-order valence-electron chi connectivity index (χ0n) is 16.0. The second-order valence-corrected chi connectivity index (χ2v) is 6.79. The van der Waals surface area contributed by atoms with Gasteiger partial charge in [-0.15, -0.1) is 0 Å². The third-order valence-electron chi connectivity index (χ3n) is 4.66. The summed E-state index contributed by atoms with van der Waals surface area (Å²) in [6, 6.07) is 11.7. The van der Waals surface area contributed by atoms with Gasteiger partial charge in [-0.3, -0.25) is 14.6 Å². The molecule has 0 saturated carbocycles. The average molecular weight is 367 g/mol. The van der Waals surface area contributed by atoms with E-state index in [1.165, 1.54) is 0 Å². The van der Waals surface area contributed by atoms with Crippen LogP contribution in [0.2, 0.25) is 0 Å². The number of hydrogen-bond donors (Lipinski definition) is 1. The Morgan fingerprint density at radius 2 is 1.59 bits per heavy atom. The van der Waals surface area contributed by atoms with Crippen molar-refractivity contribution >= 4 is 28.9 Å². The molecule has 1 aromatic carbocycles. The summed E-state index contributed by atoms with van der Waals surface area (Å²) in [5.41, 5.74) is 3.28. The van der Waals surface area contributed by atoms with Gasteiger partial charge in [-0.25, -0.2) is 0 Å². The highest BCUT2D eigenvalue weighted by Gasteiger charge is 2.24. The summed E-state index contributed by atoms with van der Waals surface area (Å²) in [7, 11) is 4.00. The molecular formula is C20H25N5O2. The van der Waals surface area contributed by atoms with Crippen molar-refractivity contribution < 1.29 is 9.59 Å². The van der Waals surface area contributed by atoms with Crippen LogP contribution >= 0.6 is 0 Å². The van der Waals surface area contributed by atoms with E-state index in [1.54, 1.807) is 29.0 Å². The molecule has 1 aromatic heterocycles. The fourth-order valence-corrected chi connectivity index (χ4v) is 3.02. The largest absolute Gasteiger partial charge is 0.378 e. The molecule has 2 amide bonds. The van der Waals surface area contributed by atoms with Crippen LogP contribution in [0.4, 0.5) is 17.1 Å². The maximum Gasteiger partial charge on any atom is 0.272 e. The summed E-state index contributed by atoms with van der Waals surface area (Å²) >= 11 is 0. The molecule has 2 aromatic rings. The molecule has 0 radical (unpaired) electrons. The number of piperazine rings is 1. The van der Waals surface area contributed by atoms with Crippen molar-refractivity contribution in [2.24, 2.45) is 0 Å². The van der Waals surface area contributed by atoms with Gasteiger partial charge in [-0.2, -0.15) is 0 Å². The van der Waals surface area contributed by atoms with Crippen LogP contribution in [-0.4, -0.2) is 66.9 Å². The number of anilines is 3. The molecule has 7 heteroatoms. The minimum absolute atomic E-state index is 0.0479. The van der Waals surface area contributed by atoms with E-state index in [0.717, 1.165) is 17.1 Å². The van der Waals surface area contributed by atoms with Crippen LogP contribution in [0, 0.1) is 0 Å². The summed E-state index contributed by atoms with van der Waals surface area (Å²) < 4.78 is 0. The van der Waals surface area contributed by atoms with E-state index in [1.807, 2.05) is 49.3 Å². The molecule has 2 heterocycles. The predicted molar refractivity (Wildman–Crippen MR) is 106 cm³/mol. The maximum atomic E-state index is 12.7. The molecule has 142 valence electrons. The minimum Gasteiger partial charge on any atom is -0.378 e. The van der Waals surface area contributed by atoms with Gasteiger partial charge < -0.3 is 20.0 Å². The lowest BCUT2D eigenvalue weighted by Gasteiger charge is -2.34. The first kappa shape index (κ1) is 18.7. The smallest absolute Gasteiger partial charge is 0.272 e. The second-order valence-electron chi connectivity index (χ2n) is 6.79. The predicted octanol–water partition coefficient (Wildman–Crippen LogP) is 2.20. The fourth-order valence-electron chi connectivity index (χ4n) is 3.02. The Balaban J connectivity index is 1.66. The lowest BCUT2D eigenvalue weighted by molar-refractivity contribution is -0.130. The number of aromatic nitrogens is 1. The van der Waals surface area contributed by atoms with Gasteiger partial charge in [0.15, 0.2) is 0 Å². The van der Waals surface area contributed by atoms with Crippen LogP contribution in [0.15, 0.2) is 42.6 Å². The number of rotatable bonds is 4. The first-order valence-electron chi connectivity index (χ1n) is 8.99. The molecule has 3 rings (SSSR count). The van der Waals surface area contributed by atoms with Crippen molar-refractivity contribution in [1.82, 2.24) is 14.8 Å². The summed E-state index contributed by atoms with van der Waals surface area (Å²) in [5.74, 6) is -0.0588. The molecular weight excluding hydrogens is 342 g/mol. The van der Waals surface area contributed by atoms with Crippen molar-refractivity contribution in [3.8, 4) is 0 Å². The van der Waals surface area contributed by atoms with E-state index in [9.17, 15) is 9.59 Å². The van der Waals surface area contributed by atoms with Gasteiger partial charge in [-0.05, 0) is 36.4 Å². The monoisotopic (exact) mass is 367 g/mol. The number of pyridine rings is 1. The summed E-state index contributed by atoms with van der Waals surface area (Å²) in [5, 5.41) is 3.31. The molecule has 7 nitrogen and oxygen atoms in total. The number of carbonyl (C=O) groups is 2. The van der Waals surface area contributed by atoms with Gasteiger partial charge in [0.25, 0.3) is 5.91 Å². The highest BCUT2D eigenvalue weighted by atomic mass is 16.2. The molecule has 1 aliphatic heterocycles. The minimum atomic E-state index is -0.107. The third-order valence-corrected chi connectivity index (χ3v) is 4.66. The maximum absolute atomic E-state index is 12.7. The SMILES string of the molecule is CC(=O)N1CCN(C(=O)c2cc(Nc3ccc(N(C)C)cc3)ccn2)CC1. The Morgan fingerprint density at radius 1 is 0.963 bits per heavy atom. The number of hydrogen-bond acceptors (Lipinski definition) is 5. The van der Waals surface area contributed by atoms with Gasteiger partial charge in [0.05, 0.1) is 0 Å². The number of nitrogens with one attached hydrogen (secondary N) is 1. The van der Waals surface area contributed by atoms with Gasteiger partial charge in [-0.1, -0.05) is 0 Å². The Labute approximate surface area is 159 Å². The Kier molecular flexibility index (Phi) is 5.59. The zero-order chi connectivity index (χ0) is 19.4. The van der Waals surface area contributed by atoms with Crippen molar-refractivity contribution in [1.29, 1.82) is 0 Å². The molecule has 0 spiro atoms. The van der Waals surface area contributed by atoms with Gasteiger partial charge in [0.1, 0.15) is 5.69 Å². The zero-order valence-corrected chi connectivity index (χ0v) is 16.0.